The van der Waals surface area contributed by atoms with Crippen molar-refractivity contribution in [3.8, 4) is 0 Å². The first-order chi connectivity index (χ1) is 4.31. The molecule has 0 rings (SSSR count). The molecular weight excluding hydrogens is 140 g/mol. The van der Waals surface area contributed by atoms with Crippen molar-refractivity contribution in [3.63, 3.8) is 0 Å². The van der Waals surface area contributed by atoms with Gasteiger partial charge in [0.05, 0.1) is 0 Å². The molecule has 0 amide bonds. The number of rotatable bonds is 1. The summed E-state index contributed by atoms with van der Waals surface area (Å²) in [6, 6.07) is -3.30. The van der Waals surface area contributed by atoms with Crippen molar-refractivity contribution < 1.29 is 8.78 Å². The fraction of sp³-hybridized carbons (Fsp3) is 1.00. The molecule has 0 radical (unpaired) electrons. The van der Waals surface area contributed by atoms with Gasteiger partial charge in [0.1, 0.15) is 0 Å². The fourth-order valence-electron chi connectivity index (χ4n) is 0.206. The Morgan fingerprint density at radius 2 is 1.70 bits per heavy atom. The summed E-state index contributed by atoms with van der Waals surface area (Å²) in [7, 11) is 0. The number of alkyl halides is 2. The molecule has 0 saturated heterocycles. The molecule has 0 aromatic heterocycles. The van der Waals surface area contributed by atoms with Gasteiger partial charge < -0.3 is 0 Å². The standard InChI is InChI=1S/C5H9F2N3/c1-4(2,3)5(6,7)9-10-8/h1-3H3. The summed E-state index contributed by atoms with van der Waals surface area (Å²) >= 11 is 0. The summed E-state index contributed by atoms with van der Waals surface area (Å²) in [6.07, 6.45) is 0. The van der Waals surface area contributed by atoms with Gasteiger partial charge in [-0.3, -0.25) is 0 Å². The number of hydrogen-bond donors (Lipinski definition) is 0. The minimum Gasteiger partial charge on any atom is -0.200 e. The molecule has 5 heteroatoms. The second-order valence-electron chi connectivity index (χ2n) is 2.98. The van der Waals surface area contributed by atoms with Crippen molar-refractivity contribution in [1.29, 1.82) is 0 Å². The van der Waals surface area contributed by atoms with Crippen LogP contribution in [0.5, 0.6) is 0 Å². The van der Waals surface area contributed by atoms with Crippen molar-refractivity contribution in [2.24, 2.45) is 10.5 Å². The second-order valence-corrected chi connectivity index (χ2v) is 2.98. The highest BCUT2D eigenvalue weighted by Crippen LogP contribution is 2.36. The second kappa shape index (κ2) is 2.42. The van der Waals surface area contributed by atoms with E-state index in [2.05, 4.69) is 5.11 Å². The van der Waals surface area contributed by atoms with Crippen LogP contribution >= 0.6 is 0 Å². The Morgan fingerprint density at radius 1 is 1.30 bits per heavy atom. The Labute approximate surface area is 57.7 Å². The SMILES string of the molecule is CC(C)(C)C(F)(F)N=[N+]=[N-]. The van der Waals surface area contributed by atoms with Crippen LogP contribution in [0.15, 0.2) is 5.11 Å². The lowest BCUT2D eigenvalue weighted by Crippen LogP contribution is -2.30. The monoisotopic (exact) mass is 149 g/mol. The number of nitrogens with zero attached hydrogens (tertiary/aromatic N) is 3. The molecule has 3 nitrogen and oxygen atoms in total. The summed E-state index contributed by atoms with van der Waals surface area (Å²) in [5.41, 5.74) is 6.44. The van der Waals surface area contributed by atoms with Crippen molar-refractivity contribution in [1.82, 2.24) is 0 Å². The molecule has 0 unspecified atom stereocenters. The van der Waals surface area contributed by atoms with E-state index >= 15 is 0 Å². The summed E-state index contributed by atoms with van der Waals surface area (Å²) in [6.45, 7) is 3.92. The van der Waals surface area contributed by atoms with Crippen LogP contribution < -0.4 is 0 Å². The van der Waals surface area contributed by atoms with Gasteiger partial charge in [-0.15, -0.1) is 0 Å². The minimum atomic E-state index is -3.30. The Bertz CT molecular complexity index is 164. The maximum atomic E-state index is 12.5. The highest BCUT2D eigenvalue weighted by atomic mass is 19.3. The Hall–Kier alpha value is -0.830. The number of halogens is 2. The molecule has 0 bridgehead atoms. The zero-order valence-corrected chi connectivity index (χ0v) is 6.10. The van der Waals surface area contributed by atoms with Crippen LogP contribution in [0.1, 0.15) is 20.8 Å². The summed E-state index contributed by atoms with van der Waals surface area (Å²) in [5.74, 6) is 0. The van der Waals surface area contributed by atoms with Gasteiger partial charge in [0, 0.05) is 10.3 Å². The maximum absolute atomic E-state index is 12.5. The molecule has 0 aliphatic carbocycles. The van der Waals surface area contributed by atoms with E-state index in [1.54, 1.807) is 0 Å². The zero-order chi connectivity index (χ0) is 8.41. The average Bonchev–Trinajstić information content (AvgIpc) is 1.61. The molecule has 0 heterocycles. The highest BCUT2D eigenvalue weighted by molar-refractivity contribution is 4.78. The van der Waals surface area contributed by atoms with E-state index in [-0.39, 0.29) is 0 Å². The quantitative estimate of drug-likeness (QED) is 0.238. The molecule has 0 aliphatic rings. The van der Waals surface area contributed by atoms with Crippen LogP contribution in [0.25, 0.3) is 10.4 Å². The smallest absolute Gasteiger partial charge is 0.200 e. The first-order valence-electron chi connectivity index (χ1n) is 2.75. The molecule has 0 aromatic carbocycles. The Kier molecular flexibility index (Phi) is 2.22. The Morgan fingerprint density at radius 3 is 1.80 bits per heavy atom. The third kappa shape index (κ3) is 1.84. The highest BCUT2D eigenvalue weighted by Gasteiger charge is 2.41. The van der Waals surface area contributed by atoms with Gasteiger partial charge >= 0.3 is 6.05 Å². The van der Waals surface area contributed by atoms with Gasteiger partial charge in [0.15, 0.2) is 0 Å². The first-order valence-corrected chi connectivity index (χ1v) is 2.75. The molecule has 0 aliphatic heterocycles. The molecule has 10 heavy (non-hydrogen) atoms. The van der Waals surface area contributed by atoms with E-state index in [0.717, 1.165) is 0 Å². The third-order valence-corrected chi connectivity index (χ3v) is 1.07. The van der Waals surface area contributed by atoms with E-state index < -0.39 is 11.5 Å². The molecule has 0 aromatic rings. The van der Waals surface area contributed by atoms with Crippen LogP contribution in [-0.2, 0) is 0 Å². The molecule has 0 saturated carbocycles. The van der Waals surface area contributed by atoms with E-state index in [4.69, 9.17) is 5.53 Å². The van der Waals surface area contributed by atoms with Gasteiger partial charge in [-0.05, 0) is 10.6 Å². The van der Waals surface area contributed by atoms with E-state index in [1.807, 2.05) is 4.91 Å². The molecule has 0 atom stereocenters. The summed E-state index contributed by atoms with van der Waals surface area (Å²) < 4.78 is 25.0. The van der Waals surface area contributed by atoms with E-state index in [9.17, 15) is 8.78 Å². The summed E-state index contributed by atoms with van der Waals surface area (Å²) in [5, 5.41) is 2.38. The zero-order valence-electron chi connectivity index (χ0n) is 6.10. The van der Waals surface area contributed by atoms with Crippen LogP contribution in [0.4, 0.5) is 8.78 Å². The van der Waals surface area contributed by atoms with E-state index in [1.165, 1.54) is 20.8 Å². The van der Waals surface area contributed by atoms with Gasteiger partial charge in [-0.1, -0.05) is 20.8 Å². The largest absolute Gasteiger partial charge is 0.330 e. The van der Waals surface area contributed by atoms with Gasteiger partial charge in [-0.2, -0.15) is 8.78 Å². The molecular formula is C5H9F2N3. The molecule has 0 N–H and O–H groups in total. The number of azide groups is 1. The lowest BCUT2D eigenvalue weighted by Gasteiger charge is -2.25. The average molecular weight is 149 g/mol. The Balaban J connectivity index is 4.56. The lowest BCUT2D eigenvalue weighted by molar-refractivity contribution is -0.0896. The number of hydrogen-bond acceptors (Lipinski definition) is 1. The third-order valence-electron chi connectivity index (χ3n) is 1.07. The van der Waals surface area contributed by atoms with E-state index in [0.29, 0.717) is 0 Å². The molecule has 0 fully saturated rings. The predicted molar refractivity (Wildman–Crippen MR) is 33.5 cm³/mol. The van der Waals surface area contributed by atoms with Crippen molar-refractivity contribution in [2.45, 2.75) is 26.8 Å². The van der Waals surface area contributed by atoms with Crippen LogP contribution in [0, 0.1) is 5.41 Å². The van der Waals surface area contributed by atoms with Gasteiger partial charge in [0.25, 0.3) is 0 Å². The van der Waals surface area contributed by atoms with Crippen LogP contribution in [0.3, 0.4) is 0 Å². The summed E-state index contributed by atoms with van der Waals surface area (Å²) in [4.78, 5) is 2.05. The van der Waals surface area contributed by atoms with Crippen LogP contribution in [-0.4, -0.2) is 6.05 Å². The van der Waals surface area contributed by atoms with Gasteiger partial charge in [0.2, 0.25) is 0 Å². The maximum Gasteiger partial charge on any atom is 0.330 e. The molecule has 0 spiro atoms. The normalized spacial score (nSPS) is 12.5. The van der Waals surface area contributed by atoms with Crippen LogP contribution in [0.2, 0.25) is 0 Å². The predicted octanol–water partition coefficient (Wildman–Crippen LogP) is 2.94. The first kappa shape index (κ1) is 9.17. The topological polar surface area (TPSA) is 48.8 Å². The fourth-order valence-corrected chi connectivity index (χ4v) is 0.206. The van der Waals surface area contributed by atoms with Gasteiger partial charge in [-0.25, -0.2) is 0 Å². The molecule has 58 valence electrons. The van der Waals surface area contributed by atoms with Crippen molar-refractivity contribution >= 4 is 0 Å². The van der Waals surface area contributed by atoms with Crippen molar-refractivity contribution in [2.75, 3.05) is 0 Å². The minimum absolute atomic E-state index is 1.31. The lowest BCUT2D eigenvalue weighted by atomic mass is 9.94. The van der Waals surface area contributed by atoms with Crippen molar-refractivity contribution in [3.05, 3.63) is 10.4 Å².